The van der Waals surface area contributed by atoms with Crippen LogP contribution in [0.2, 0.25) is 0 Å². The molecule has 0 unspecified atom stereocenters. The summed E-state index contributed by atoms with van der Waals surface area (Å²) >= 11 is 1.18. The fourth-order valence-electron chi connectivity index (χ4n) is 1.05. The van der Waals surface area contributed by atoms with Crippen LogP contribution in [-0.2, 0) is 13.6 Å². The monoisotopic (exact) mass is 196 g/mol. The van der Waals surface area contributed by atoms with E-state index < -0.39 is 0 Å². The van der Waals surface area contributed by atoms with Crippen molar-refractivity contribution >= 4 is 11.3 Å². The van der Waals surface area contributed by atoms with Crippen LogP contribution in [0.1, 0.15) is 5.69 Å². The van der Waals surface area contributed by atoms with Crippen molar-refractivity contribution in [3.05, 3.63) is 33.1 Å². The quantitative estimate of drug-likeness (QED) is 0.684. The molecule has 2 aromatic rings. The van der Waals surface area contributed by atoms with Crippen molar-refractivity contribution in [3.8, 4) is 0 Å². The second kappa shape index (κ2) is 3.14. The molecule has 0 saturated heterocycles. The van der Waals surface area contributed by atoms with Gasteiger partial charge in [-0.3, -0.25) is 14.0 Å². The van der Waals surface area contributed by atoms with Gasteiger partial charge in [-0.05, 0) is 0 Å². The number of hydrogen-bond donors (Lipinski definition) is 0. The molecule has 6 heteroatoms. The number of nitrogens with zero attached hydrogens (tertiary/aromatic N) is 4. The number of thiazole rings is 1. The minimum absolute atomic E-state index is 0.0330. The molecule has 0 aliphatic carbocycles. The zero-order valence-electron chi connectivity index (χ0n) is 7.04. The van der Waals surface area contributed by atoms with Gasteiger partial charge in [0.2, 0.25) is 0 Å². The molecule has 0 spiro atoms. The Morgan fingerprint density at radius 3 is 3.00 bits per heavy atom. The van der Waals surface area contributed by atoms with Crippen LogP contribution in [0.25, 0.3) is 0 Å². The predicted octanol–water partition coefficient (Wildman–Crippen LogP) is 0.0866. The Labute approximate surface area is 78.2 Å². The van der Waals surface area contributed by atoms with Gasteiger partial charge in [-0.2, -0.15) is 0 Å². The predicted molar refractivity (Wildman–Crippen MR) is 48.7 cm³/mol. The van der Waals surface area contributed by atoms with Gasteiger partial charge in [0.25, 0.3) is 0 Å². The van der Waals surface area contributed by atoms with Crippen molar-refractivity contribution in [1.29, 1.82) is 0 Å². The van der Waals surface area contributed by atoms with Crippen LogP contribution in [0.5, 0.6) is 0 Å². The van der Waals surface area contributed by atoms with Gasteiger partial charge in [-0.15, -0.1) is 5.10 Å². The van der Waals surface area contributed by atoms with E-state index in [0.717, 1.165) is 5.69 Å². The van der Waals surface area contributed by atoms with Gasteiger partial charge >= 0.3 is 4.87 Å². The Bertz CT molecular complexity index is 455. The normalized spacial score (nSPS) is 10.5. The van der Waals surface area contributed by atoms with Crippen molar-refractivity contribution in [3.63, 3.8) is 0 Å². The minimum atomic E-state index is 0.0330. The van der Waals surface area contributed by atoms with E-state index in [4.69, 9.17) is 0 Å². The van der Waals surface area contributed by atoms with E-state index in [-0.39, 0.29) is 4.87 Å². The zero-order valence-corrected chi connectivity index (χ0v) is 7.86. The maximum Gasteiger partial charge on any atom is 0.307 e. The zero-order chi connectivity index (χ0) is 9.26. The third kappa shape index (κ3) is 1.67. The van der Waals surface area contributed by atoms with Crippen LogP contribution in [0.15, 0.2) is 22.6 Å². The van der Waals surface area contributed by atoms with Crippen LogP contribution in [0, 0.1) is 0 Å². The highest BCUT2D eigenvalue weighted by Gasteiger charge is 2.01. The second-order valence-electron chi connectivity index (χ2n) is 2.68. The average Bonchev–Trinajstić information content (AvgIpc) is 2.64. The molecule has 0 bridgehead atoms. The molecular formula is C7H8N4OS. The Morgan fingerprint density at radius 1 is 1.62 bits per heavy atom. The van der Waals surface area contributed by atoms with E-state index in [9.17, 15) is 4.79 Å². The lowest BCUT2D eigenvalue weighted by Gasteiger charge is -1.93. The molecule has 0 N–H and O–H groups in total. The average molecular weight is 196 g/mol. The Hall–Kier alpha value is -1.43. The fourth-order valence-corrected chi connectivity index (χ4v) is 1.64. The third-order valence-electron chi connectivity index (χ3n) is 1.63. The second-order valence-corrected chi connectivity index (χ2v) is 3.54. The standard InChI is InChI=1S/C7H8N4OS/c1-10-4-6(8-9-10)5-11-2-3-13-7(11)12/h2-4H,5H2,1H3. The van der Waals surface area contributed by atoms with E-state index in [0.29, 0.717) is 6.54 Å². The topological polar surface area (TPSA) is 52.7 Å². The smallest absolute Gasteiger partial charge is 0.300 e. The van der Waals surface area contributed by atoms with Crippen LogP contribution in [-0.4, -0.2) is 19.6 Å². The first kappa shape index (κ1) is 8.18. The van der Waals surface area contributed by atoms with E-state index in [2.05, 4.69) is 10.3 Å². The molecule has 0 amide bonds. The SMILES string of the molecule is Cn1cc(Cn2ccsc2=O)nn1. The van der Waals surface area contributed by atoms with Gasteiger partial charge in [-0.25, -0.2) is 0 Å². The number of aromatic nitrogens is 4. The lowest BCUT2D eigenvalue weighted by molar-refractivity contribution is 0.708. The first-order valence-corrected chi connectivity index (χ1v) is 4.63. The van der Waals surface area contributed by atoms with Crippen LogP contribution < -0.4 is 4.87 Å². The summed E-state index contributed by atoms with van der Waals surface area (Å²) in [5, 5.41) is 9.43. The summed E-state index contributed by atoms with van der Waals surface area (Å²) in [5.74, 6) is 0. The largest absolute Gasteiger partial charge is 0.307 e. The van der Waals surface area contributed by atoms with Crippen molar-refractivity contribution in [1.82, 2.24) is 19.6 Å². The summed E-state index contributed by atoms with van der Waals surface area (Å²) in [5.41, 5.74) is 0.794. The molecule has 13 heavy (non-hydrogen) atoms. The molecule has 0 aliphatic heterocycles. The summed E-state index contributed by atoms with van der Waals surface area (Å²) in [4.78, 5) is 11.2. The fraction of sp³-hybridized carbons (Fsp3) is 0.286. The first-order chi connectivity index (χ1) is 6.25. The molecule has 0 radical (unpaired) electrons. The van der Waals surface area contributed by atoms with Crippen LogP contribution in [0.3, 0.4) is 0 Å². The van der Waals surface area contributed by atoms with Gasteiger partial charge in [0.15, 0.2) is 0 Å². The summed E-state index contributed by atoms with van der Waals surface area (Å²) in [6.07, 6.45) is 3.55. The van der Waals surface area contributed by atoms with Crippen molar-refractivity contribution in [2.75, 3.05) is 0 Å². The Kier molecular flexibility index (Phi) is 1.97. The molecule has 0 fully saturated rings. The number of aryl methyl sites for hydroxylation is 1. The lowest BCUT2D eigenvalue weighted by atomic mass is 10.5. The van der Waals surface area contributed by atoms with Gasteiger partial charge < -0.3 is 0 Å². The van der Waals surface area contributed by atoms with Gasteiger partial charge in [0, 0.05) is 24.8 Å². The molecule has 0 atom stereocenters. The van der Waals surface area contributed by atoms with Crippen molar-refractivity contribution < 1.29 is 0 Å². The van der Waals surface area contributed by atoms with Gasteiger partial charge in [-0.1, -0.05) is 16.6 Å². The molecule has 0 saturated carbocycles. The highest BCUT2D eigenvalue weighted by Crippen LogP contribution is 1.96. The summed E-state index contributed by atoms with van der Waals surface area (Å²) in [6, 6.07) is 0. The van der Waals surface area contributed by atoms with Crippen molar-refractivity contribution in [2.45, 2.75) is 6.54 Å². The molecule has 5 nitrogen and oxygen atoms in total. The summed E-state index contributed by atoms with van der Waals surface area (Å²) in [7, 11) is 1.80. The van der Waals surface area contributed by atoms with Gasteiger partial charge in [0.1, 0.15) is 5.69 Å². The first-order valence-electron chi connectivity index (χ1n) is 3.75. The Morgan fingerprint density at radius 2 is 2.46 bits per heavy atom. The van der Waals surface area contributed by atoms with E-state index >= 15 is 0 Å². The number of hydrogen-bond acceptors (Lipinski definition) is 4. The van der Waals surface area contributed by atoms with Crippen LogP contribution >= 0.6 is 11.3 Å². The highest BCUT2D eigenvalue weighted by atomic mass is 32.1. The molecule has 0 aromatic carbocycles. The molecule has 0 aliphatic rings. The lowest BCUT2D eigenvalue weighted by Crippen LogP contribution is -2.12. The molecule has 68 valence electrons. The van der Waals surface area contributed by atoms with Crippen LogP contribution in [0.4, 0.5) is 0 Å². The van der Waals surface area contributed by atoms with Gasteiger partial charge in [0.05, 0.1) is 6.54 Å². The van der Waals surface area contributed by atoms with E-state index in [1.165, 1.54) is 11.3 Å². The molecule has 2 rings (SSSR count). The highest BCUT2D eigenvalue weighted by molar-refractivity contribution is 7.07. The van der Waals surface area contributed by atoms with E-state index in [1.807, 2.05) is 0 Å². The molecule has 2 aromatic heterocycles. The minimum Gasteiger partial charge on any atom is -0.300 e. The molecular weight excluding hydrogens is 188 g/mol. The van der Waals surface area contributed by atoms with E-state index in [1.54, 1.807) is 34.1 Å². The Balaban J connectivity index is 2.24. The maximum absolute atomic E-state index is 11.2. The molecule has 2 heterocycles. The maximum atomic E-state index is 11.2. The number of rotatable bonds is 2. The summed E-state index contributed by atoms with van der Waals surface area (Å²) in [6.45, 7) is 0.496. The van der Waals surface area contributed by atoms with Crippen molar-refractivity contribution in [2.24, 2.45) is 7.05 Å². The summed E-state index contributed by atoms with van der Waals surface area (Å²) < 4.78 is 3.22. The third-order valence-corrected chi connectivity index (χ3v) is 2.32.